The molecule has 2 aromatic carbocycles. The van der Waals surface area contributed by atoms with Gasteiger partial charge < -0.3 is 15.2 Å². The largest absolute Gasteiger partial charge is 0.357 e. The van der Waals surface area contributed by atoms with E-state index in [1.54, 1.807) is 12.1 Å². The van der Waals surface area contributed by atoms with E-state index in [-0.39, 0.29) is 24.0 Å². The Morgan fingerprint density at radius 1 is 1.14 bits per heavy atom. The molecule has 0 unspecified atom stereocenters. The van der Waals surface area contributed by atoms with Crippen LogP contribution in [-0.2, 0) is 13.1 Å². The van der Waals surface area contributed by atoms with Crippen LogP contribution in [0.15, 0.2) is 58.0 Å². The van der Waals surface area contributed by atoms with E-state index in [1.165, 1.54) is 5.56 Å². The Balaban J connectivity index is 0.00000280. The molecular weight excluding hydrogens is 489 g/mol. The lowest BCUT2D eigenvalue weighted by Crippen LogP contribution is -2.36. The van der Waals surface area contributed by atoms with Gasteiger partial charge in [-0.25, -0.2) is 4.99 Å². The molecule has 1 aromatic heterocycles. The van der Waals surface area contributed by atoms with Crippen molar-refractivity contribution in [1.82, 2.24) is 20.8 Å². The number of hydrogen-bond donors (Lipinski definition) is 2. The van der Waals surface area contributed by atoms with Crippen LogP contribution in [0.25, 0.3) is 11.4 Å². The molecular formula is C20H23ClIN5O. The highest BCUT2D eigenvalue weighted by Crippen LogP contribution is 2.18. The van der Waals surface area contributed by atoms with Gasteiger partial charge in [0.2, 0.25) is 11.7 Å². The smallest absolute Gasteiger partial charge is 0.246 e. The number of hydrogen-bond acceptors (Lipinski definition) is 4. The second-order valence-corrected chi connectivity index (χ2v) is 6.49. The minimum atomic E-state index is 0. The second-order valence-electron chi connectivity index (χ2n) is 6.06. The molecule has 3 aromatic rings. The third-order valence-electron chi connectivity index (χ3n) is 3.82. The highest BCUT2D eigenvalue weighted by molar-refractivity contribution is 14.0. The van der Waals surface area contributed by atoms with E-state index in [0.29, 0.717) is 35.8 Å². The molecule has 3 rings (SSSR count). The summed E-state index contributed by atoms with van der Waals surface area (Å²) in [5.41, 5.74) is 3.24. The highest BCUT2D eigenvalue weighted by atomic mass is 127. The maximum atomic E-state index is 5.91. The topological polar surface area (TPSA) is 75.3 Å². The summed E-state index contributed by atoms with van der Waals surface area (Å²) in [7, 11) is 0. The SMILES string of the molecule is CCNC(=NCc1cccc(C)c1)NCc1nc(-c2ccc(Cl)cc2)no1.I. The minimum Gasteiger partial charge on any atom is -0.357 e. The van der Waals surface area contributed by atoms with Gasteiger partial charge >= 0.3 is 0 Å². The quantitative estimate of drug-likeness (QED) is 0.288. The number of aliphatic imine (C=N–C) groups is 1. The maximum absolute atomic E-state index is 5.91. The molecule has 0 bridgehead atoms. The number of benzene rings is 2. The molecule has 0 aliphatic carbocycles. The zero-order valence-electron chi connectivity index (χ0n) is 15.8. The Morgan fingerprint density at radius 3 is 2.64 bits per heavy atom. The molecule has 0 saturated carbocycles. The molecule has 8 heteroatoms. The standard InChI is InChI=1S/C20H22ClN5O.HI/c1-3-22-20(23-12-15-6-4-5-14(2)11-15)24-13-18-25-19(26-27-18)16-7-9-17(21)10-8-16;/h4-11H,3,12-13H2,1-2H3,(H2,22,23,24);1H. The first-order chi connectivity index (χ1) is 13.1. The van der Waals surface area contributed by atoms with Gasteiger partial charge in [0.15, 0.2) is 5.96 Å². The van der Waals surface area contributed by atoms with Crippen LogP contribution >= 0.6 is 35.6 Å². The van der Waals surface area contributed by atoms with Crippen LogP contribution in [0, 0.1) is 6.92 Å². The minimum absolute atomic E-state index is 0. The van der Waals surface area contributed by atoms with Crippen molar-refractivity contribution >= 4 is 41.5 Å². The Morgan fingerprint density at radius 2 is 1.93 bits per heavy atom. The van der Waals surface area contributed by atoms with Crippen molar-refractivity contribution in [3.05, 3.63) is 70.6 Å². The monoisotopic (exact) mass is 511 g/mol. The van der Waals surface area contributed by atoms with Crippen molar-refractivity contribution in [2.45, 2.75) is 26.9 Å². The molecule has 6 nitrogen and oxygen atoms in total. The Bertz CT molecular complexity index is 911. The lowest BCUT2D eigenvalue weighted by Gasteiger charge is -2.09. The predicted molar refractivity (Wildman–Crippen MR) is 123 cm³/mol. The summed E-state index contributed by atoms with van der Waals surface area (Å²) in [5.74, 6) is 1.72. The fourth-order valence-corrected chi connectivity index (χ4v) is 2.65. The molecule has 148 valence electrons. The van der Waals surface area contributed by atoms with Crippen LogP contribution < -0.4 is 10.6 Å². The van der Waals surface area contributed by atoms with Crippen LogP contribution in [0.3, 0.4) is 0 Å². The van der Waals surface area contributed by atoms with Crippen LogP contribution in [-0.4, -0.2) is 22.6 Å². The van der Waals surface area contributed by atoms with Gasteiger partial charge in [0.1, 0.15) is 0 Å². The Hall–Kier alpha value is -2.13. The summed E-state index contributed by atoms with van der Waals surface area (Å²) in [6, 6.07) is 15.6. The lowest BCUT2D eigenvalue weighted by atomic mass is 10.1. The number of aryl methyl sites for hydroxylation is 1. The zero-order valence-corrected chi connectivity index (χ0v) is 18.9. The zero-order chi connectivity index (χ0) is 19.1. The van der Waals surface area contributed by atoms with Crippen molar-refractivity contribution in [2.75, 3.05) is 6.54 Å². The number of aromatic nitrogens is 2. The van der Waals surface area contributed by atoms with Gasteiger partial charge in [0.25, 0.3) is 0 Å². The molecule has 0 aliphatic rings. The van der Waals surface area contributed by atoms with E-state index >= 15 is 0 Å². The number of nitrogens with one attached hydrogen (secondary N) is 2. The highest BCUT2D eigenvalue weighted by Gasteiger charge is 2.09. The summed E-state index contributed by atoms with van der Waals surface area (Å²) in [5, 5.41) is 11.1. The fourth-order valence-electron chi connectivity index (χ4n) is 2.52. The van der Waals surface area contributed by atoms with Gasteiger partial charge in [0, 0.05) is 17.1 Å². The fraction of sp³-hybridized carbons (Fsp3) is 0.250. The first kappa shape index (κ1) is 22.2. The van der Waals surface area contributed by atoms with Gasteiger partial charge in [-0.05, 0) is 43.7 Å². The van der Waals surface area contributed by atoms with Crippen LogP contribution in [0.5, 0.6) is 0 Å². The van der Waals surface area contributed by atoms with Crippen LogP contribution in [0.2, 0.25) is 5.02 Å². The summed E-state index contributed by atoms with van der Waals surface area (Å²) in [6.07, 6.45) is 0. The molecule has 0 amide bonds. The van der Waals surface area contributed by atoms with Crippen LogP contribution in [0.1, 0.15) is 23.9 Å². The van der Waals surface area contributed by atoms with E-state index in [2.05, 4.69) is 50.9 Å². The van der Waals surface area contributed by atoms with Crippen molar-refractivity contribution < 1.29 is 4.52 Å². The molecule has 0 aliphatic heterocycles. The first-order valence-corrected chi connectivity index (χ1v) is 9.18. The molecule has 0 fully saturated rings. The average Bonchev–Trinajstić information content (AvgIpc) is 3.14. The molecule has 0 saturated heterocycles. The number of guanidine groups is 1. The Kier molecular flexibility index (Phi) is 8.72. The van der Waals surface area contributed by atoms with Gasteiger partial charge in [-0.1, -0.05) is 46.6 Å². The molecule has 1 heterocycles. The van der Waals surface area contributed by atoms with Crippen molar-refractivity contribution in [3.8, 4) is 11.4 Å². The van der Waals surface area contributed by atoms with E-state index in [0.717, 1.165) is 17.7 Å². The molecule has 0 spiro atoms. The summed E-state index contributed by atoms with van der Waals surface area (Å²) in [4.78, 5) is 9.01. The van der Waals surface area contributed by atoms with E-state index in [4.69, 9.17) is 16.1 Å². The summed E-state index contributed by atoms with van der Waals surface area (Å²) in [6.45, 7) is 5.84. The predicted octanol–water partition coefficient (Wildman–Crippen LogP) is 4.57. The number of rotatable bonds is 6. The van der Waals surface area contributed by atoms with Gasteiger partial charge in [-0.3, -0.25) is 0 Å². The number of nitrogens with zero attached hydrogens (tertiary/aromatic N) is 3. The molecule has 2 N–H and O–H groups in total. The van der Waals surface area contributed by atoms with E-state index in [9.17, 15) is 0 Å². The van der Waals surface area contributed by atoms with Crippen LogP contribution in [0.4, 0.5) is 0 Å². The maximum Gasteiger partial charge on any atom is 0.246 e. The lowest BCUT2D eigenvalue weighted by molar-refractivity contribution is 0.375. The van der Waals surface area contributed by atoms with Gasteiger partial charge in [-0.2, -0.15) is 4.98 Å². The van der Waals surface area contributed by atoms with Crippen molar-refractivity contribution in [1.29, 1.82) is 0 Å². The number of halogens is 2. The summed E-state index contributed by atoms with van der Waals surface area (Å²) >= 11 is 5.91. The summed E-state index contributed by atoms with van der Waals surface area (Å²) < 4.78 is 5.32. The van der Waals surface area contributed by atoms with Crippen molar-refractivity contribution in [3.63, 3.8) is 0 Å². The average molecular weight is 512 g/mol. The van der Waals surface area contributed by atoms with E-state index in [1.807, 2.05) is 25.1 Å². The first-order valence-electron chi connectivity index (χ1n) is 8.80. The molecule has 0 atom stereocenters. The molecule has 28 heavy (non-hydrogen) atoms. The van der Waals surface area contributed by atoms with Gasteiger partial charge in [-0.15, -0.1) is 24.0 Å². The Labute approximate surface area is 186 Å². The van der Waals surface area contributed by atoms with Gasteiger partial charge in [0.05, 0.1) is 13.1 Å². The molecule has 0 radical (unpaired) electrons. The van der Waals surface area contributed by atoms with E-state index < -0.39 is 0 Å². The van der Waals surface area contributed by atoms with Crippen molar-refractivity contribution in [2.24, 2.45) is 4.99 Å². The second kappa shape index (κ2) is 11.0. The third-order valence-corrected chi connectivity index (χ3v) is 4.08. The normalized spacial score (nSPS) is 11.0. The third kappa shape index (κ3) is 6.49.